The van der Waals surface area contributed by atoms with E-state index in [1.807, 2.05) is 17.0 Å². The predicted octanol–water partition coefficient (Wildman–Crippen LogP) is 2.49. The minimum Gasteiger partial charge on any atom is -0.341 e. The Morgan fingerprint density at radius 1 is 1.21 bits per heavy atom. The maximum atomic E-state index is 12.3. The summed E-state index contributed by atoms with van der Waals surface area (Å²) in [5.41, 5.74) is 0.844. The largest absolute Gasteiger partial charge is 0.341 e. The number of benzene rings is 1. The number of halogens is 1. The molecule has 0 N–H and O–H groups in total. The van der Waals surface area contributed by atoms with Crippen molar-refractivity contribution in [1.82, 2.24) is 19.9 Å². The van der Waals surface area contributed by atoms with Gasteiger partial charge in [-0.3, -0.25) is 4.79 Å². The maximum absolute atomic E-state index is 12.3. The van der Waals surface area contributed by atoms with Gasteiger partial charge in [-0.2, -0.15) is 4.98 Å². The molecular formula is C17H21ClN4O2. The lowest BCUT2D eigenvalue weighted by molar-refractivity contribution is -0.131. The van der Waals surface area contributed by atoms with Gasteiger partial charge in [0.25, 0.3) is 0 Å². The Bertz CT molecular complexity index is 686. The third-order valence-corrected chi connectivity index (χ3v) is 4.45. The van der Waals surface area contributed by atoms with Crippen LogP contribution in [0.1, 0.15) is 18.7 Å². The molecule has 1 fully saturated rings. The van der Waals surface area contributed by atoms with Crippen molar-refractivity contribution in [1.29, 1.82) is 0 Å². The summed E-state index contributed by atoms with van der Waals surface area (Å²) in [4.78, 5) is 20.9. The van der Waals surface area contributed by atoms with E-state index in [0.717, 1.165) is 38.2 Å². The average Bonchev–Trinajstić information content (AvgIpc) is 2.94. The summed E-state index contributed by atoms with van der Waals surface area (Å²) in [7, 11) is 2.09. The molecule has 0 bridgehead atoms. The molecule has 7 heteroatoms. The summed E-state index contributed by atoms with van der Waals surface area (Å²) in [6, 6.07) is 7.26. The molecule has 6 nitrogen and oxygen atoms in total. The second-order valence-corrected chi connectivity index (χ2v) is 6.49. The number of aromatic nitrogens is 2. The van der Waals surface area contributed by atoms with Crippen molar-refractivity contribution >= 4 is 17.5 Å². The smallest absolute Gasteiger partial charge is 0.227 e. The highest BCUT2D eigenvalue weighted by Crippen LogP contribution is 2.19. The molecule has 1 aliphatic heterocycles. The minimum absolute atomic E-state index is 0.150. The maximum Gasteiger partial charge on any atom is 0.227 e. The van der Waals surface area contributed by atoms with Crippen LogP contribution in [0.4, 0.5) is 0 Å². The molecule has 2 aromatic rings. The standard InChI is InChI=1S/C17H21ClN4O2/c1-21-9-2-10-22(12-11-21)16(23)8-7-15-19-17(20-24-15)13-3-5-14(18)6-4-13/h3-6H,2,7-12H2,1H3. The Balaban J connectivity index is 1.55. The van der Waals surface area contributed by atoms with E-state index >= 15 is 0 Å². The highest BCUT2D eigenvalue weighted by atomic mass is 35.5. The quantitative estimate of drug-likeness (QED) is 0.849. The summed E-state index contributed by atoms with van der Waals surface area (Å²) < 4.78 is 5.26. The van der Waals surface area contributed by atoms with Gasteiger partial charge < -0.3 is 14.3 Å². The van der Waals surface area contributed by atoms with E-state index < -0.39 is 0 Å². The zero-order valence-electron chi connectivity index (χ0n) is 13.7. The first kappa shape index (κ1) is 16.9. The molecule has 0 spiro atoms. The van der Waals surface area contributed by atoms with Crippen LogP contribution in [0.2, 0.25) is 5.02 Å². The van der Waals surface area contributed by atoms with Gasteiger partial charge in [0, 0.05) is 43.1 Å². The van der Waals surface area contributed by atoms with Crippen LogP contribution in [0.3, 0.4) is 0 Å². The van der Waals surface area contributed by atoms with Crippen molar-refractivity contribution in [2.24, 2.45) is 0 Å². The van der Waals surface area contributed by atoms with E-state index in [9.17, 15) is 4.79 Å². The van der Waals surface area contributed by atoms with Gasteiger partial charge in [-0.15, -0.1) is 0 Å². The van der Waals surface area contributed by atoms with Crippen LogP contribution in [0.15, 0.2) is 28.8 Å². The molecule has 0 atom stereocenters. The molecule has 1 saturated heterocycles. The highest BCUT2D eigenvalue weighted by molar-refractivity contribution is 6.30. The lowest BCUT2D eigenvalue weighted by Crippen LogP contribution is -2.34. The van der Waals surface area contributed by atoms with Gasteiger partial charge in [-0.1, -0.05) is 16.8 Å². The Kier molecular flexibility index (Phi) is 5.48. The molecule has 0 unspecified atom stereocenters. The minimum atomic E-state index is 0.150. The summed E-state index contributed by atoms with van der Waals surface area (Å²) in [5, 5.41) is 4.63. The Morgan fingerprint density at radius 2 is 2.00 bits per heavy atom. The molecule has 0 aliphatic carbocycles. The van der Waals surface area contributed by atoms with E-state index in [4.69, 9.17) is 16.1 Å². The molecule has 2 heterocycles. The summed E-state index contributed by atoms with van der Waals surface area (Å²) >= 11 is 5.87. The van der Waals surface area contributed by atoms with Gasteiger partial charge >= 0.3 is 0 Å². The van der Waals surface area contributed by atoms with E-state index in [2.05, 4.69) is 22.1 Å². The fourth-order valence-electron chi connectivity index (χ4n) is 2.74. The predicted molar refractivity (Wildman–Crippen MR) is 91.8 cm³/mol. The zero-order chi connectivity index (χ0) is 16.9. The van der Waals surface area contributed by atoms with Crippen molar-refractivity contribution in [3.63, 3.8) is 0 Å². The van der Waals surface area contributed by atoms with Crippen LogP contribution >= 0.6 is 11.6 Å². The number of nitrogens with zero attached hydrogens (tertiary/aromatic N) is 4. The van der Waals surface area contributed by atoms with Crippen molar-refractivity contribution in [2.75, 3.05) is 33.2 Å². The lowest BCUT2D eigenvalue weighted by Gasteiger charge is -2.20. The number of amides is 1. The number of aryl methyl sites for hydroxylation is 1. The second kappa shape index (κ2) is 7.77. The first-order valence-electron chi connectivity index (χ1n) is 8.16. The Labute approximate surface area is 146 Å². The lowest BCUT2D eigenvalue weighted by atomic mass is 10.2. The molecule has 0 saturated carbocycles. The fraction of sp³-hybridized carbons (Fsp3) is 0.471. The number of carbonyl (C=O) groups is 1. The van der Waals surface area contributed by atoms with Crippen molar-refractivity contribution in [2.45, 2.75) is 19.3 Å². The van der Waals surface area contributed by atoms with Gasteiger partial charge in [0.05, 0.1) is 0 Å². The van der Waals surface area contributed by atoms with E-state index in [1.165, 1.54) is 0 Å². The van der Waals surface area contributed by atoms with Gasteiger partial charge in [0.1, 0.15) is 0 Å². The van der Waals surface area contributed by atoms with Crippen molar-refractivity contribution in [3.05, 3.63) is 35.2 Å². The molecular weight excluding hydrogens is 328 g/mol. The van der Waals surface area contributed by atoms with Gasteiger partial charge in [0.2, 0.25) is 17.6 Å². The molecule has 1 aliphatic rings. The molecule has 24 heavy (non-hydrogen) atoms. The van der Waals surface area contributed by atoms with Crippen LogP contribution in [0, 0.1) is 0 Å². The van der Waals surface area contributed by atoms with Crippen molar-refractivity contribution in [3.8, 4) is 11.4 Å². The number of carbonyl (C=O) groups excluding carboxylic acids is 1. The molecule has 1 aromatic heterocycles. The summed E-state index contributed by atoms with van der Waals surface area (Å²) in [6.07, 6.45) is 1.88. The van der Waals surface area contributed by atoms with Crippen LogP contribution in [0.25, 0.3) is 11.4 Å². The van der Waals surface area contributed by atoms with Crippen LogP contribution in [0.5, 0.6) is 0 Å². The van der Waals surface area contributed by atoms with Gasteiger partial charge in [0.15, 0.2) is 0 Å². The zero-order valence-corrected chi connectivity index (χ0v) is 14.5. The normalized spacial score (nSPS) is 16.2. The van der Waals surface area contributed by atoms with Gasteiger partial charge in [-0.05, 0) is 44.3 Å². The van der Waals surface area contributed by atoms with E-state index in [1.54, 1.807) is 12.1 Å². The molecule has 128 valence electrons. The van der Waals surface area contributed by atoms with Crippen molar-refractivity contribution < 1.29 is 9.32 Å². The number of hydrogen-bond acceptors (Lipinski definition) is 5. The Morgan fingerprint density at radius 3 is 2.79 bits per heavy atom. The topological polar surface area (TPSA) is 62.5 Å². The first-order chi connectivity index (χ1) is 11.6. The van der Waals surface area contributed by atoms with E-state index in [0.29, 0.717) is 29.6 Å². The molecule has 0 radical (unpaired) electrons. The summed E-state index contributed by atoms with van der Waals surface area (Å²) in [5.74, 6) is 1.15. The van der Waals surface area contributed by atoms with Crippen LogP contribution in [-0.2, 0) is 11.2 Å². The molecule has 3 rings (SSSR count). The molecule has 1 aromatic carbocycles. The monoisotopic (exact) mass is 348 g/mol. The third-order valence-electron chi connectivity index (χ3n) is 4.20. The SMILES string of the molecule is CN1CCCN(C(=O)CCc2nc(-c3ccc(Cl)cc3)no2)CC1. The summed E-state index contributed by atoms with van der Waals surface area (Å²) in [6.45, 7) is 3.57. The van der Waals surface area contributed by atoms with Gasteiger partial charge in [-0.25, -0.2) is 0 Å². The van der Waals surface area contributed by atoms with E-state index in [-0.39, 0.29) is 5.91 Å². The second-order valence-electron chi connectivity index (χ2n) is 6.06. The number of likely N-dealkylation sites (N-methyl/N-ethyl adjacent to an activating group) is 1. The highest BCUT2D eigenvalue weighted by Gasteiger charge is 2.18. The first-order valence-corrected chi connectivity index (χ1v) is 8.54. The third kappa shape index (κ3) is 4.33. The average molecular weight is 349 g/mol. The van der Waals surface area contributed by atoms with Crippen LogP contribution < -0.4 is 0 Å². The Hall–Kier alpha value is -1.92. The molecule has 1 amide bonds. The fourth-order valence-corrected chi connectivity index (χ4v) is 2.87. The number of rotatable bonds is 4. The number of hydrogen-bond donors (Lipinski definition) is 0. The van der Waals surface area contributed by atoms with Crippen LogP contribution in [-0.4, -0.2) is 59.1 Å².